The van der Waals surface area contributed by atoms with Gasteiger partial charge in [-0.15, -0.1) is 0 Å². The zero-order chi connectivity index (χ0) is 16.9. The molecule has 128 valence electrons. The summed E-state index contributed by atoms with van der Waals surface area (Å²) in [4.78, 5) is 18.6. The summed E-state index contributed by atoms with van der Waals surface area (Å²) in [6.07, 6.45) is 3.35. The molecule has 0 spiro atoms. The monoisotopic (exact) mass is 348 g/mol. The number of piperidine rings is 1. The van der Waals surface area contributed by atoms with Crippen molar-refractivity contribution < 1.29 is 13.9 Å². The number of benzene rings is 1. The molecule has 3 rings (SSSR count). The molecule has 2 aromatic rings. The molecular formula is C18H21ClN2O3. The number of halogens is 1. The van der Waals surface area contributed by atoms with Gasteiger partial charge in [-0.05, 0) is 51.1 Å². The summed E-state index contributed by atoms with van der Waals surface area (Å²) >= 11 is 6.00. The smallest absolute Gasteiger partial charge is 0.309 e. The lowest BCUT2D eigenvalue weighted by molar-refractivity contribution is -0.149. The van der Waals surface area contributed by atoms with E-state index in [1.165, 1.54) is 0 Å². The first kappa shape index (κ1) is 17.0. The van der Waals surface area contributed by atoms with E-state index < -0.39 is 0 Å². The Kier molecular flexibility index (Phi) is 5.53. The molecule has 1 saturated heterocycles. The molecule has 2 heterocycles. The van der Waals surface area contributed by atoms with Gasteiger partial charge in [0.1, 0.15) is 6.26 Å². The van der Waals surface area contributed by atoms with E-state index in [-0.39, 0.29) is 11.9 Å². The number of ether oxygens (including phenoxy) is 1. The number of oxazole rings is 1. The highest BCUT2D eigenvalue weighted by Crippen LogP contribution is 2.24. The van der Waals surface area contributed by atoms with Crippen LogP contribution in [0.3, 0.4) is 0 Å². The number of rotatable bonds is 5. The Labute approximate surface area is 146 Å². The third kappa shape index (κ3) is 4.16. The Morgan fingerprint density at radius 3 is 2.92 bits per heavy atom. The van der Waals surface area contributed by atoms with Crippen molar-refractivity contribution in [3.05, 3.63) is 41.2 Å². The molecule has 0 bridgehead atoms. The molecular weight excluding hydrogens is 328 g/mol. The molecule has 0 N–H and O–H groups in total. The molecule has 5 nitrogen and oxygen atoms in total. The van der Waals surface area contributed by atoms with E-state index in [2.05, 4.69) is 9.88 Å². The van der Waals surface area contributed by atoms with Crippen molar-refractivity contribution in [3.8, 4) is 11.5 Å². The van der Waals surface area contributed by atoms with Crippen molar-refractivity contribution in [2.75, 3.05) is 19.7 Å². The summed E-state index contributed by atoms with van der Waals surface area (Å²) in [6.45, 7) is 4.74. The van der Waals surface area contributed by atoms with Crippen LogP contribution >= 0.6 is 11.6 Å². The van der Waals surface area contributed by atoms with Crippen LogP contribution in [-0.2, 0) is 16.1 Å². The predicted molar refractivity (Wildman–Crippen MR) is 91.6 cm³/mol. The van der Waals surface area contributed by atoms with Crippen molar-refractivity contribution in [2.45, 2.75) is 26.3 Å². The Morgan fingerprint density at radius 1 is 1.42 bits per heavy atom. The number of carbonyl (C=O) groups excluding carboxylic acids is 1. The van der Waals surface area contributed by atoms with Gasteiger partial charge in [0, 0.05) is 17.1 Å². The molecule has 0 radical (unpaired) electrons. The van der Waals surface area contributed by atoms with Crippen molar-refractivity contribution >= 4 is 17.6 Å². The lowest BCUT2D eigenvalue weighted by Crippen LogP contribution is -2.36. The minimum atomic E-state index is -0.0678. The van der Waals surface area contributed by atoms with Crippen molar-refractivity contribution in [3.63, 3.8) is 0 Å². The minimum absolute atomic E-state index is 0.0283. The summed E-state index contributed by atoms with van der Waals surface area (Å²) in [5.41, 5.74) is 1.76. The molecule has 1 aromatic carbocycles. The third-order valence-corrected chi connectivity index (χ3v) is 4.45. The SMILES string of the molecule is CCOC(=O)C1CCN(Cc2coc(-c3cccc(Cl)c3)n2)CC1. The van der Waals surface area contributed by atoms with Gasteiger partial charge in [0.05, 0.1) is 18.2 Å². The second-order valence-corrected chi connectivity index (χ2v) is 6.39. The minimum Gasteiger partial charge on any atom is -0.466 e. The van der Waals surface area contributed by atoms with E-state index >= 15 is 0 Å². The Hall–Kier alpha value is -1.85. The first-order valence-corrected chi connectivity index (χ1v) is 8.63. The number of aromatic nitrogens is 1. The van der Waals surface area contributed by atoms with Gasteiger partial charge >= 0.3 is 5.97 Å². The maximum atomic E-state index is 11.8. The molecule has 0 saturated carbocycles. The molecule has 0 aliphatic carbocycles. The molecule has 0 amide bonds. The highest BCUT2D eigenvalue weighted by atomic mass is 35.5. The lowest BCUT2D eigenvalue weighted by Gasteiger charge is -2.30. The van der Waals surface area contributed by atoms with Gasteiger partial charge < -0.3 is 9.15 Å². The number of hydrogen-bond donors (Lipinski definition) is 0. The first-order valence-electron chi connectivity index (χ1n) is 8.25. The van der Waals surface area contributed by atoms with E-state index in [0.29, 0.717) is 17.5 Å². The summed E-state index contributed by atoms with van der Waals surface area (Å²) in [7, 11) is 0. The highest BCUT2D eigenvalue weighted by molar-refractivity contribution is 6.30. The Morgan fingerprint density at radius 2 is 2.21 bits per heavy atom. The second-order valence-electron chi connectivity index (χ2n) is 5.96. The van der Waals surface area contributed by atoms with E-state index in [4.69, 9.17) is 20.8 Å². The molecule has 1 aliphatic rings. The first-order chi connectivity index (χ1) is 11.7. The van der Waals surface area contributed by atoms with E-state index in [0.717, 1.165) is 43.7 Å². The van der Waals surface area contributed by atoms with Gasteiger partial charge in [0.15, 0.2) is 0 Å². The average molecular weight is 349 g/mol. The largest absolute Gasteiger partial charge is 0.466 e. The predicted octanol–water partition coefficient (Wildman–Crippen LogP) is 3.77. The summed E-state index contributed by atoms with van der Waals surface area (Å²) in [5.74, 6) is 0.538. The standard InChI is InChI=1S/C18H21ClN2O3/c1-2-23-18(22)13-6-8-21(9-7-13)11-16-12-24-17(20-16)14-4-3-5-15(19)10-14/h3-5,10,12-13H,2,6-9,11H2,1H3. The molecule has 1 fully saturated rings. The van der Waals surface area contributed by atoms with Gasteiger partial charge in [-0.3, -0.25) is 9.69 Å². The number of likely N-dealkylation sites (tertiary alicyclic amines) is 1. The second kappa shape index (κ2) is 7.81. The third-order valence-electron chi connectivity index (χ3n) is 4.22. The molecule has 1 aromatic heterocycles. The van der Waals surface area contributed by atoms with Crippen LogP contribution in [0.2, 0.25) is 5.02 Å². The molecule has 1 aliphatic heterocycles. The van der Waals surface area contributed by atoms with Gasteiger partial charge in [-0.1, -0.05) is 17.7 Å². The molecule has 6 heteroatoms. The quantitative estimate of drug-likeness (QED) is 0.770. The highest BCUT2D eigenvalue weighted by Gasteiger charge is 2.26. The van der Waals surface area contributed by atoms with Gasteiger partial charge in [0.25, 0.3) is 0 Å². The van der Waals surface area contributed by atoms with E-state index in [1.54, 1.807) is 6.26 Å². The lowest BCUT2D eigenvalue weighted by atomic mass is 9.97. The van der Waals surface area contributed by atoms with Crippen molar-refractivity contribution in [2.24, 2.45) is 5.92 Å². The van der Waals surface area contributed by atoms with Crippen LogP contribution in [-0.4, -0.2) is 35.5 Å². The van der Waals surface area contributed by atoms with Gasteiger partial charge in [0.2, 0.25) is 5.89 Å². The fourth-order valence-electron chi connectivity index (χ4n) is 2.95. The van der Waals surface area contributed by atoms with Crippen LogP contribution in [0.15, 0.2) is 34.9 Å². The van der Waals surface area contributed by atoms with E-state index in [1.807, 2.05) is 31.2 Å². The van der Waals surface area contributed by atoms with Crippen LogP contribution in [0.1, 0.15) is 25.5 Å². The molecule has 0 unspecified atom stereocenters. The average Bonchev–Trinajstić information content (AvgIpc) is 3.04. The zero-order valence-corrected chi connectivity index (χ0v) is 14.5. The number of hydrogen-bond acceptors (Lipinski definition) is 5. The summed E-state index contributed by atoms with van der Waals surface area (Å²) < 4.78 is 10.7. The normalized spacial score (nSPS) is 16.2. The Balaban J connectivity index is 1.56. The fourth-order valence-corrected chi connectivity index (χ4v) is 3.14. The topological polar surface area (TPSA) is 55.6 Å². The van der Waals surface area contributed by atoms with E-state index in [9.17, 15) is 4.79 Å². The van der Waals surface area contributed by atoms with Gasteiger partial charge in [-0.25, -0.2) is 4.98 Å². The van der Waals surface area contributed by atoms with Crippen LogP contribution in [0, 0.1) is 5.92 Å². The summed E-state index contributed by atoms with van der Waals surface area (Å²) in [6, 6.07) is 7.46. The van der Waals surface area contributed by atoms with Crippen LogP contribution in [0.4, 0.5) is 0 Å². The number of carbonyl (C=O) groups is 1. The number of esters is 1. The van der Waals surface area contributed by atoms with Crippen LogP contribution in [0.25, 0.3) is 11.5 Å². The maximum Gasteiger partial charge on any atom is 0.309 e. The van der Waals surface area contributed by atoms with Gasteiger partial charge in [-0.2, -0.15) is 0 Å². The van der Waals surface area contributed by atoms with Crippen molar-refractivity contribution in [1.29, 1.82) is 0 Å². The molecule has 0 atom stereocenters. The number of nitrogens with zero attached hydrogens (tertiary/aromatic N) is 2. The fraction of sp³-hybridized carbons (Fsp3) is 0.444. The van der Waals surface area contributed by atoms with Crippen LogP contribution in [0.5, 0.6) is 0 Å². The summed E-state index contributed by atoms with van der Waals surface area (Å²) in [5, 5.41) is 0.660. The molecule has 24 heavy (non-hydrogen) atoms. The van der Waals surface area contributed by atoms with Crippen molar-refractivity contribution in [1.82, 2.24) is 9.88 Å². The maximum absolute atomic E-state index is 11.8. The zero-order valence-electron chi connectivity index (χ0n) is 13.7. The Bertz CT molecular complexity index is 693. The van der Waals surface area contributed by atoms with Crippen LogP contribution < -0.4 is 0 Å².